The van der Waals surface area contributed by atoms with E-state index >= 15 is 0 Å². The van der Waals surface area contributed by atoms with Crippen molar-refractivity contribution in [3.05, 3.63) is 41.4 Å². The second-order valence-electron chi connectivity index (χ2n) is 2.59. The fraction of sp³-hybridized carbons (Fsp3) is 0. The Hall–Kier alpha value is -1.55. The van der Waals surface area contributed by atoms with Crippen molar-refractivity contribution < 1.29 is 9.13 Å². The number of rotatable bonds is 2. The molecule has 3 nitrogen and oxygen atoms in total. The van der Waals surface area contributed by atoms with Crippen molar-refractivity contribution in [1.29, 1.82) is 0 Å². The molecule has 0 saturated carbocycles. The quantitative estimate of drug-likeness (QED) is 0.831. The molecule has 0 radical (unpaired) electrons. The highest BCUT2D eigenvalue weighted by Crippen LogP contribution is 2.19. The van der Waals surface area contributed by atoms with Crippen LogP contribution in [0.3, 0.4) is 0 Å². The Morgan fingerprint density at radius 1 is 1.29 bits per heavy atom. The van der Waals surface area contributed by atoms with E-state index in [1.54, 1.807) is 0 Å². The number of hydrogen-bond donors (Lipinski definition) is 1. The van der Waals surface area contributed by atoms with Crippen molar-refractivity contribution in [3.63, 3.8) is 0 Å². The van der Waals surface area contributed by atoms with Crippen LogP contribution in [0.4, 0.5) is 4.39 Å². The van der Waals surface area contributed by atoms with Crippen LogP contribution in [0.15, 0.2) is 30.5 Å². The average molecular weight is 213 g/mol. The molecule has 1 N–H and O–H groups in total. The van der Waals surface area contributed by atoms with Crippen LogP contribution in [0.5, 0.6) is 11.8 Å². The van der Waals surface area contributed by atoms with Gasteiger partial charge in [0.05, 0.1) is 6.20 Å². The molecule has 0 atom stereocenters. The molecule has 2 aromatic rings. The van der Waals surface area contributed by atoms with E-state index in [0.29, 0.717) is 10.9 Å². The maximum Gasteiger partial charge on any atom is 0.300 e. The van der Waals surface area contributed by atoms with Crippen LogP contribution in [-0.2, 0) is 0 Å². The number of halogens is 2. The Kier molecular flexibility index (Phi) is 2.37. The van der Waals surface area contributed by atoms with Crippen LogP contribution in [0.2, 0.25) is 5.15 Å². The smallest absolute Gasteiger partial charge is 0.300 e. The van der Waals surface area contributed by atoms with Crippen LogP contribution in [0.1, 0.15) is 0 Å². The molecule has 1 aromatic carbocycles. The lowest BCUT2D eigenvalue weighted by Gasteiger charge is -2.00. The molecular weight excluding hydrogens is 207 g/mol. The monoisotopic (exact) mass is 212 g/mol. The number of imidazole rings is 1. The van der Waals surface area contributed by atoms with Crippen molar-refractivity contribution in [2.75, 3.05) is 0 Å². The van der Waals surface area contributed by atoms with Gasteiger partial charge in [-0.3, -0.25) is 4.98 Å². The summed E-state index contributed by atoms with van der Waals surface area (Å²) in [5.41, 5.74) is 0. The molecule has 2 rings (SSSR count). The number of nitrogens with one attached hydrogen (secondary N) is 1. The van der Waals surface area contributed by atoms with E-state index in [0.717, 1.165) is 0 Å². The van der Waals surface area contributed by atoms with E-state index in [1.165, 1.54) is 30.5 Å². The van der Waals surface area contributed by atoms with Crippen LogP contribution < -0.4 is 4.74 Å². The minimum atomic E-state index is -0.310. The van der Waals surface area contributed by atoms with Gasteiger partial charge in [0.15, 0.2) is 0 Å². The van der Waals surface area contributed by atoms with E-state index in [-0.39, 0.29) is 11.8 Å². The number of hydrogen-bond acceptors (Lipinski definition) is 2. The topological polar surface area (TPSA) is 37.9 Å². The van der Waals surface area contributed by atoms with Gasteiger partial charge in [0.1, 0.15) is 16.7 Å². The van der Waals surface area contributed by atoms with Crippen molar-refractivity contribution in [2.24, 2.45) is 0 Å². The Bertz CT molecular complexity index is 427. The van der Waals surface area contributed by atoms with Crippen LogP contribution in [-0.4, -0.2) is 9.97 Å². The zero-order valence-electron chi connectivity index (χ0n) is 7.00. The molecule has 0 amide bonds. The van der Waals surface area contributed by atoms with Gasteiger partial charge in [-0.15, -0.1) is 0 Å². The van der Waals surface area contributed by atoms with Crippen molar-refractivity contribution in [2.45, 2.75) is 0 Å². The van der Waals surface area contributed by atoms with Crippen LogP contribution in [0.25, 0.3) is 0 Å². The Balaban J connectivity index is 2.15. The van der Waals surface area contributed by atoms with Gasteiger partial charge in [0, 0.05) is 0 Å². The lowest BCUT2D eigenvalue weighted by Crippen LogP contribution is -1.85. The van der Waals surface area contributed by atoms with Gasteiger partial charge in [0.2, 0.25) is 0 Å². The predicted octanol–water partition coefficient (Wildman–Crippen LogP) is 2.99. The summed E-state index contributed by atoms with van der Waals surface area (Å²) >= 11 is 5.59. The molecule has 0 saturated heterocycles. The largest absolute Gasteiger partial charge is 0.426 e. The summed E-state index contributed by atoms with van der Waals surface area (Å²) in [4.78, 5) is 6.51. The molecular formula is C9H6ClFN2O. The van der Waals surface area contributed by atoms with E-state index in [9.17, 15) is 4.39 Å². The number of ether oxygens (including phenoxy) is 1. The molecule has 14 heavy (non-hydrogen) atoms. The van der Waals surface area contributed by atoms with Crippen LogP contribution in [0, 0.1) is 5.82 Å². The van der Waals surface area contributed by atoms with Gasteiger partial charge < -0.3 is 4.74 Å². The summed E-state index contributed by atoms with van der Waals surface area (Å²) < 4.78 is 17.8. The lowest BCUT2D eigenvalue weighted by molar-refractivity contribution is 0.446. The molecule has 0 bridgehead atoms. The van der Waals surface area contributed by atoms with Crippen molar-refractivity contribution >= 4 is 11.6 Å². The van der Waals surface area contributed by atoms with Crippen LogP contribution >= 0.6 is 11.6 Å². The fourth-order valence-electron chi connectivity index (χ4n) is 0.948. The first-order valence-corrected chi connectivity index (χ1v) is 4.26. The number of nitrogens with zero attached hydrogens (tertiary/aromatic N) is 1. The van der Waals surface area contributed by atoms with Gasteiger partial charge in [-0.1, -0.05) is 11.6 Å². The molecule has 0 aliphatic carbocycles. The minimum absolute atomic E-state index is 0.279. The Morgan fingerprint density at radius 2 is 2.00 bits per heavy atom. The predicted molar refractivity (Wildman–Crippen MR) is 50.1 cm³/mol. The normalized spacial score (nSPS) is 10.1. The maximum atomic E-state index is 12.5. The van der Waals surface area contributed by atoms with E-state index in [2.05, 4.69) is 9.97 Å². The van der Waals surface area contributed by atoms with Crippen molar-refractivity contribution in [3.8, 4) is 11.8 Å². The summed E-state index contributed by atoms with van der Waals surface area (Å²) in [6.07, 6.45) is 1.43. The third kappa shape index (κ3) is 2.03. The molecule has 1 aromatic heterocycles. The van der Waals surface area contributed by atoms with E-state index < -0.39 is 0 Å². The van der Waals surface area contributed by atoms with E-state index in [4.69, 9.17) is 16.3 Å². The Labute approximate surface area is 84.5 Å². The zero-order chi connectivity index (χ0) is 9.97. The molecule has 0 aliphatic heterocycles. The number of aromatic nitrogens is 2. The van der Waals surface area contributed by atoms with E-state index in [1.807, 2.05) is 0 Å². The zero-order valence-corrected chi connectivity index (χ0v) is 7.75. The molecule has 0 spiro atoms. The number of aromatic amines is 1. The van der Waals surface area contributed by atoms with Gasteiger partial charge in [-0.2, -0.15) is 0 Å². The Morgan fingerprint density at radius 3 is 2.57 bits per heavy atom. The first kappa shape index (κ1) is 9.02. The summed E-state index contributed by atoms with van der Waals surface area (Å²) in [5.74, 6) is 0.187. The van der Waals surface area contributed by atoms with Gasteiger partial charge in [0.25, 0.3) is 6.01 Å². The summed E-state index contributed by atoms with van der Waals surface area (Å²) in [6, 6.07) is 5.90. The second kappa shape index (κ2) is 3.67. The first-order chi connectivity index (χ1) is 6.74. The van der Waals surface area contributed by atoms with Gasteiger partial charge >= 0.3 is 0 Å². The second-order valence-corrected chi connectivity index (χ2v) is 3.00. The highest BCUT2D eigenvalue weighted by molar-refractivity contribution is 6.29. The average Bonchev–Trinajstić information content (AvgIpc) is 2.56. The summed E-state index contributed by atoms with van der Waals surface area (Å²) in [7, 11) is 0. The molecule has 0 fully saturated rings. The third-order valence-corrected chi connectivity index (χ3v) is 1.74. The molecule has 1 heterocycles. The standard InChI is InChI=1S/C9H6ClFN2O/c10-8-5-12-9(13-8)14-7-3-1-6(11)2-4-7/h1-5H,(H,12,13). The lowest BCUT2D eigenvalue weighted by atomic mass is 10.3. The molecule has 0 unspecified atom stereocenters. The highest BCUT2D eigenvalue weighted by Gasteiger charge is 2.00. The molecule has 5 heteroatoms. The first-order valence-electron chi connectivity index (χ1n) is 3.88. The molecule has 72 valence electrons. The van der Waals surface area contributed by atoms with Gasteiger partial charge in [-0.05, 0) is 24.3 Å². The number of benzene rings is 1. The highest BCUT2D eigenvalue weighted by atomic mass is 35.5. The third-order valence-electron chi connectivity index (χ3n) is 1.55. The summed E-state index contributed by atoms with van der Waals surface area (Å²) in [6.45, 7) is 0. The van der Waals surface area contributed by atoms with Gasteiger partial charge in [-0.25, -0.2) is 9.37 Å². The van der Waals surface area contributed by atoms with Crippen molar-refractivity contribution in [1.82, 2.24) is 9.97 Å². The minimum Gasteiger partial charge on any atom is -0.426 e. The number of H-pyrrole nitrogens is 1. The maximum absolute atomic E-state index is 12.5. The molecule has 0 aliphatic rings. The summed E-state index contributed by atoms with van der Waals surface area (Å²) in [5, 5.41) is 0.391. The SMILES string of the molecule is Fc1ccc(Oc2ncc(Cl)[nH]2)cc1. The fourth-order valence-corrected chi connectivity index (χ4v) is 1.08.